The normalized spacial score (nSPS) is 18.9. The minimum Gasteiger partial charge on any atom is -0.494 e. The first-order valence-electron chi connectivity index (χ1n) is 10.0. The molecule has 1 N–H and O–H groups in total. The molecule has 3 heterocycles. The Morgan fingerprint density at radius 2 is 2.21 bits per heavy atom. The molecule has 1 aromatic carbocycles. The molecular formula is C21H29ClN4O2. The molecule has 7 heteroatoms. The van der Waals surface area contributed by atoms with Gasteiger partial charge < -0.3 is 15.0 Å². The Hall–Kier alpha value is -2.05. The predicted octanol–water partition coefficient (Wildman–Crippen LogP) is 3.22. The fraction of sp³-hybridized carbons (Fsp3) is 0.524. The van der Waals surface area contributed by atoms with Gasteiger partial charge in [0, 0.05) is 25.8 Å². The molecule has 2 aromatic rings. The Bertz CT molecular complexity index is 801. The minimum atomic E-state index is 0. The Balaban J connectivity index is 0.00000225. The lowest BCUT2D eigenvalue weighted by Gasteiger charge is -2.28. The molecule has 4 rings (SSSR count). The number of rotatable bonds is 5. The number of carbonyl (C=O) groups excluding carboxylic acids is 1. The molecular weight excluding hydrogens is 376 g/mol. The van der Waals surface area contributed by atoms with E-state index in [9.17, 15) is 4.79 Å². The smallest absolute Gasteiger partial charge is 0.274 e. The quantitative estimate of drug-likeness (QED) is 0.831. The maximum Gasteiger partial charge on any atom is 0.274 e. The van der Waals surface area contributed by atoms with Crippen LogP contribution in [0.5, 0.6) is 5.75 Å². The molecule has 0 radical (unpaired) electrons. The number of amides is 1. The van der Waals surface area contributed by atoms with E-state index in [2.05, 4.69) is 29.5 Å². The maximum absolute atomic E-state index is 12.9. The van der Waals surface area contributed by atoms with Crippen LogP contribution in [0.25, 0.3) is 0 Å². The number of aromatic nitrogens is 2. The summed E-state index contributed by atoms with van der Waals surface area (Å²) >= 11 is 0. The summed E-state index contributed by atoms with van der Waals surface area (Å²) in [7, 11) is 0. The van der Waals surface area contributed by atoms with Crippen LogP contribution in [0, 0.1) is 0 Å². The van der Waals surface area contributed by atoms with E-state index in [1.807, 2.05) is 27.9 Å². The highest BCUT2D eigenvalue weighted by Crippen LogP contribution is 2.25. The van der Waals surface area contributed by atoms with Gasteiger partial charge in [-0.05, 0) is 61.6 Å². The molecule has 0 aliphatic carbocycles. The summed E-state index contributed by atoms with van der Waals surface area (Å²) in [5.74, 6) is 0.949. The molecule has 1 atom stereocenters. The summed E-state index contributed by atoms with van der Waals surface area (Å²) in [4.78, 5) is 14.8. The number of hydrogen-bond acceptors (Lipinski definition) is 4. The molecule has 152 valence electrons. The molecule has 1 saturated heterocycles. The molecule has 1 amide bonds. The summed E-state index contributed by atoms with van der Waals surface area (Å²) in [5.41, 5.74) is 3.03. The molecule has 1 aromatic heterocycles. The van der Waals surface area contributed by atoms with Crippen LogP contribution in [0.4, 0.5) is 0 Å². The Kier molecular flexibility index (Phi) is 6.97. The zero-order chi connectivity index (χ0) is 18.6. The van der Waals surface area contributed by atoms with Gasteiger partial charge >= 0.3 is 0 Å². The number of fused-ring (bicyclic) bond motifs is 1. The number of nitrogens with zero attached hydrogens (tertiary/aromatic N) is 3. The predicted molar refractivity (Wildman–Crippen MR) is 111 cm³/mol. The topological polar surface area (TPSA) is 59.4 Å². The number of piperidine rings is 1. The van der Waals surface area contributed by atoms with Crippen molar-refractivity contribution in [2.24, 2.45) is 0 Å². The fourth-order valence-corrected chi connectivity index (χ4v) is 3.89. The van der Waals surface area contributed by atoms with Crippen molar-refractivity contribution in [1.82, 2.24) is 20.0 Å². The maximum atomic E-state index is 12.9. The van der Waals surface area contributed by atoms with Gasteiger partial charge in [0.25, 0.3) is 5.91 Å². The van der Waals surface area contributed by atoms with Crippen LogP contribution in [0.3, 0.4) is 0 Å². The van der Waals surface area contributed by atoms with Crippen molar-refractivity contribution in [3.63, 3.8) is 0 Å². The van der Waals surface area contributed by atoms with Gasteiger partial charge in [-0.15, -0.1) is 12.4 Å². The molecule has 1 unspecified atom stereocenters. The highest BCUT2D eigenvalue weighted by atomic mass is 35.5. The van der Waals surface area contributed by atoms with Crippen molar-refractivity contribution in [2.75, 3.05) is 26.2 Å². The van der Waals surface area contributed by atoms with Gasteiger partial charge in [0.15, 0.2) is 0 Å². The average molecular weight is 405 g/mol. The Morgan fingerprint density at radius 1 is 1.32 bits per heavy atom. The highest BCUT2D eigenvalue weighted by Gasteiger charge is 2.25. The van der Waals surface area contributed by atoms with Crippen LogP contribution in [0.15, 0.2) is 30.5 Å². The van der Waals surface area contributed by atoms with Gasteiger partial charge in [-0.2, -0.15) is 5.10 Å². The van der Waals surface area contributed by atoms with Crippen LogP contribution in [-0.2, 0) is 13.0 Å². The molecule has 6 nitrogen and oxygen atoms in total. The van der Waals surface area contributed by atoms with Crippen molar-refractivity contribution in [3.05, 3.63) is 47.3 Å². The van der Waals surface area contributed by atoms with Gasteiger partial charge in [-0.25, -0.2) is 0 Å². The zero-order valence-corrected chi connectivity index (χ0v) is 17.2. The van der Waals surface area contributed by atoms with E-state index >= 15 is 0 Å². The van der Waals surface area contributed by atoms with Crippen molar-refractivity contribution in [3.8, 4) is 5.75 Å². The Labute approximate surface area is 172 Å². The molecule has 0 saturated carbocycles. The Morgan fingerprint density at radius 3 is 3.00 bits per heavy atom. The van der Waals surface area contributed by atoms with E-state index < -0.39 is 0 Å². The highest BCUT2D eigenvalue weighted by molar-refractivity contribution is 5.92. The average Bonchev–Trinajstić information content (AvgIpc) is 3.22. The third kappa shape index (κ3) is 4.50. The molecule has 1 fully saturated rings. The number of nitrogens with one attached hydrogen (secondary N) is 1. The third-order valence-corrected chi connectivity index (χ3v) is 5.42. The van der Waals surface area contributed by atoms with E-state index in [0.29, 0.717) is 18.3 Å². The second-order valence-corrected chi connectivity index (χ2v) is 7.44. The van der Waals surface area contributed by atoms with E-state index in [1.54, 1.807) is 0 Å². The first-order valence-corrected chi connectivity index (χ1v) is 10.0. The molecule has 2 aliphatic rings. The monoisotopic (exact) mass is 404 g/mol. The largest absolute Gasteiger partial charge is 0.494 e. The number of hydrogen-bond donors (Lipinski definition) is 1. The SMILES string of the molecule is CCCOc1ccc2c(c1)CCN(C(=O)c1ccn(C3CCCNC3)n1)C2.Cl. The lowest BCUT2D eigenvalue weighted by atomic mass is 9.99. The second-order valence-electron chi connectivity index (χ2n) is 7.44. The first kappa shape index (κ1) is 20.7. The van der Waals surface area contributed by atoms with E-state index in [1.165, 1.54) is 11.1 Å². The van der Waals surface area contributed by atoms with Crippen molar-refractivity contribution < 1.29 is 9.53 Å². The van der Waals surface area contributed by atoms with Crippen LogP contribution < -0.4 is 10.1 Å². The lowest BCUT2D eigenvalue weighted by molar-refractivity contribution is 0.0727. The van der Waals surface area contributed by atoms with E-state index in [-0.39, 0.29) is 18.3 Å². The molecule has 28 heavy (non-hydrogen) atoms. The summed E-state index contributed by atoms with van der Waals surface area (Å²) in [6.07, 6.45) is 6.07. The lowest BCUT2D eigenvalue weighted by Crippen LogP contribution is -2.36. The summed E-state index contributed by atoms with van der Waals surface area (Å²) in [5, 5.41) is 7.98. The standard InChI is InChI=1S/C21H28N4O2.ClH/c1-2-12-27-19-6-5-17-15-24(10-7-16(17)13-19)21(26)20-8-11-25(23-20)18-4-3-9-22-14-18;/h5-6,8,11,13,18,22H,2-4,7,9-10,12,14-15H2,1H3;1H. The fourth-order valence-electron chi connectivity index (χ4n) is 3.89. The van der Waals surface area contributed by atoms with E-state index in [4.69, 9.17) is 4.74 Å². The summed E-state index contributed by atoms with van der Waals surface area (Å²) < 4.78 is 7.68. The van der Waals surface area contributed by atoms with Gasteiger partial charge in [0.05, 0.1) is 12.6 Å². The zero-order valence-electron chi connectivity index (χ0n) is 16.4. The molecule has 0 spiro atoms. The van der Waals surface area contributed by atoms with Gasteiger partial charge in [0.1, 0.15) is 11.4 Å². The van der Waals surface area contributed by atoms with Gasteiger partial charge in [0.2, 0.25) is 0 Å². The number of carbonyl (C=O) groups is 1. The summed E-state index contributed by atoms with van der Waals surface area (Å²) in [6.45, 7) is 6.20. The van der Waals surface area contributed by atoms with Crippen LogP contribution in [0.2, 0.25) is 0 Å². The van der Waals surface area contributed by atoms with Crippen LogP contribution in [-0.4, -0.2) is 46.8 Å². The number of benzene rings is 1. The van der Waals surface area contributed by atoms with Gasteiger partial charge in [-0.1, -0.05) is 13.0 Å². The molecule has 0 bridgehead atoms. The molecule has 2 aliphatic heterocycles. The summed E-state index contributed by atoms with van der Waals surface area (Å²) in [6, 6.07) is 8.43. The van der Waals surface area contributed by atoms with Gasteiger partial charge in [-0.3, -0.25) is 9.48 Å². The van der Waals surface area contributed by atoms with Crippen LogP contribution in [0.1, 0.15) is 53.8 Å². The second kappa shape index (κ2) is 9.43. The number of ether oxygens (including phenoxy) is 1. The first-order chi connectivity index (χ1) is 13.2. The van der Waals surface area contributed by atoms with Crippen molar-refractivity contribution in [2.45, 2.75) is 45.2 Å². The van der Waals surface area contributed by atoms with Crippen LogP contribution >= 0.6 is 12.4 Å². The minimum absolute atomic E-state index is 0. The number of halogens is 1. The van der Waals surface area contributed by atoms with Crippen molar-refractivity contribution in [1.29, 1.82) is 0 Å². The third-order valence-electron chi connectivity index (χ3n) is 5.42. The van der Waals surface area contributed by atoms with E-state index in [0.717, 1.165) is 57.7 Å². The van der Waals surface area contributed by atoms with Crippen molar-refractivity contribution >= 4 is 18.3 Å².